The van der Waals surface area contributed by atoms with Crippen LogP contribution in [0.3, 0.4) is 0 Å². The molecule has 0 aliphatic carbocycles. The lowest BCUT2D eigenvalue weighted by molar-refractivity contribution is -0.152. The van der Waals surface area contributed by atoms with E-state index in [0.29, 0.717) is 26.1 Å². The molecule has 0 atom stereocenters. The van der Waals surface area contributed by atoms with Gasteiger partial charge in [0.1, 0.15) is 0 Å². The number of aryl methyl sites for hydroxylation is 1. The molecule has 0 saturated carbocycles. The second kappa shape index (κ2) is 10.4. The highest BCUT2D eigenvalue weighted by molar-refractivity contribution is 5.84. The molecule has 1 N–H and O–H groups in total. The molecule has 3 rings (SSSR count). The second-order valence-electron chi connectivity index (χ2n) is 6.81. The molecular weight excluding hydrogens is 368 g/mol. The summed E-state index contributed by atoms with van der Waals surface area (Å²) in [6.45, 7) is 1.06. The van der Waals surface area contributed by atoms with Crippen molar-refractivity contribution in [3.8, 4) is 0 Å². The SMILES string of the molecule is COCCN(Cc1ccccc1)C(=O)COC(=O)CCc1c[nH]c2ccccc12. The molecule has 0 fully saturated rings. The Morgan fingerprint density at radius 2 is 1.79 bits per heavy atom. The van der Waals surface area contributed by atoms with Crippen LogP contribution in [0.2, 0.25) is 0 Å². The van der Waals surface area contributed by atoms with Crippen molar-refractivity contribution < 1.29 is 19.1 Å². The van der Waals surface area contributed by atoms with Crippen LogP contribution in [0.5, 0.6) is 0 Å². The number of methoxy groups -OCH3 is 1. The van der Waals surface area contributed by atoms with Crippen LogP contribution >= 0.6 is 0 Å². The van der Waals surface area contributed by atoms with Gasteiger partial charge in [0, 0.05) is 43.7 Å². The fraction of sp³-hybridized carbons (Fsp3) is 0.304. The molecule has 0 radical (unpaired) electrons. The molecule has 29 heavy (non-hydrogen) atoms. The van der Waals surface area contributed by atoms with Gasteiger partial charge in [0.05, 0.1) is 6.61 Å². The van der Waals surface area contributed by atoms with Crippen molar-refractivity contribution in [2.24, 2.45) is 0 Å². The molecule has 0 spiro atoms. The zero-order valence-corrected chi connectivity index (χ0v) is 16.6. The van der Waals surface area contributed by atoms with Gasteiger partial charge in [0.15, 0.2) is 6.61 Å². The van der Waals surface area contributed by atoms with Crippen LogP contribution in [0.4, 0.5) is 0 Å². The molecule has 152 valence electrons. The summed E-state index contributed by atoms with van der Waals surface area (Å²) < 4.78 is 10.3. The van der Waals surface area contributed by atoms with E-state index in [-0.39, 0.29) is 24.9 Å². The number of fused-ring (bicyclic) bond motifs is 1. The standard InChI is InChI=1S/C23H26N2O4/c1-28-14-13-25(16-18-7-3-2-4-8-18)22(26)17-29-23(27)12-11-19-15-24-21-10-6-5-9-20(19)21/h2-10,15,24H,11-14,16-17H2,1H3. The normalized spacial score (nSPS) is 10.8. The summed E-state index contributed by atoms with van der Waals surface area (Å²) in [5.41, 5.74) is 3.12. The number of ether oxygens (including phenoxy) is 2. The molecular formula is C23H26N2O4. The number of benzene rings is 2. The number of esters is 1. The van der Waals surface area contributed by atoms with E-state index in [2.05, 4.69) is 4.98 Å². The first-order valence-electron chi connectivity index (χ1n) is 9.68. The highest BCUT2D eigenvalue weighted by atomic mass is 16.5. The first-order chi connectivity index (χ1) is 14.2. The van der Waals surface area contributed by atoms with E-state index in [1.54, 1.807) is 12.0 Å². The van der Waals surface area contributed by atoms with Crippen LogP contribution in [-0.2, 0) is 32.0 Å². The maximum Gasteiger partial charge on any atom is 0.306 e. The van der Waals surface area contributed by atoms with Crippen LogP contribution in [0.15, 0.2) is 60.8 Å². The minimum Gasteiger partial charge on any atom is -0.456 e. The molecule has 1 heterocycles. The number of hydrogen-bond donors (Lipinski definition) is 1. The number of H-pyrrole nitrogens is 1. The fourth-order valence-electron chi connectivity index (χ4n) is 3.18. The Labute approximate surface area is 170 Å². The van der Waals surface area contributed by atoms with E-state index in [1.807, 2.05) is 60.8 Å². The Kier molecular flexibility index (Phi) is 7.41. The molecule has 1 aromatic heterocycles. The number of amides is 1. The molecule has 0 aliphatic heterocycles. The van der Waals surface area contributed by atoms with Crippen LogP contribution in [0, 0.1) is 0 Å². The Hall–Kier alpha value is -3.12. The molecule has 0 saturated heterocycles. The lowest BCUT2D eigenvalue weighted by Gasteiger charge is -2.22. The number of nitrogens with zero attached hydrogens (tertiary/aromatic N) is 1. The van der Waals surface area contributed by atoms with Crippen LogP contribution in [0.1, 0.15) is 17.5 Å². The van der Waals surface area contributed by atoms with Gasteiger partial charge < -0.3 is 19.4 Å². The number of aromatic amines is 1. The Bertz CT molecular complexity index is 936. The van der Waals surface area contributed by atoms with E-state index < -0.39 is 0 Å². The van der Waals surface area contributed by atoms with Gasteiger partial charge in [-0.25, -0.2) is 0 Å². The zero-order valence-electron chi connectivity index (χ0n) is 16.6. The molecule has 0 unspecified atom stereocenters. The number of hydrogen-bond acceptors (Lipinski definition) is 4. The summed E-state index contributed by atoms with van der Waals surface area (Å²) in [4.78, 5) is 29.5. The maximum atomic E-state index is 12.6. The Morgan fingerprint density at radius 1 is 1.03 bits per heavy atom. The zero-order chi connectivity index (χ0) is 20.5. The number of aromatic nitrogens is 1. The molecule has 2 aromatic carbocycles. The fourth-order valence-corrected chi connectivity index (χ4v) is 3.18. The summed E-state index contributed by atoms with van der Waals surface area (Å²) in [6, 6.07) is 17.7. The van der Waals surface area contributed by atoms with Crippen molar-refractivity contribution >= 4 is 22.8 Å². The summed E-state index contributed by atoms with van der Waals surface area (Å²) in [5, 5.41) is 1.10. The van der Waals surface area contributed by atoms with Gasteiger partial charge in [-0.3, -0.25) is 9.59 Å². The third-order valence-electron chi connectivity index (χ3n) is 4.76. The van der Waals surface area contributed by atoms with Gasteiger partial charge >= 0.3 is 5.97 Å². The lowest BCUT2D eigenvalue weighted by Crippen LogP contribution is -2.36. The van der Waals surface area contributed by atoms with E-state index in [9.17, 15) is 9.59 Å². The smallest absolute Gasteiger partial charge is 0.306 e. The van der Waals surface area contributed by atoms with E-state index in [4.69, 9.17) is 9.47 Å². The average Bonchev–Trinajstić information content (AvgIpc) is 3.17. The van der Waals surface area contributed by atoms with Crippen molar-refractivity contribution in [3.05, 3.63) is 71.9 Å². The third-order valence-corrected chi connectivity index (χ3v) is 4.76. The average molecular weight is 394 g/mol. The molecule has 6 nitrogen and oxygen atoms in total. The van der Waals surface area contributed by atoms with E-state index in [1.165, 1.54) is 0 Å². The maximum absolute atomic E-state index is 12.6. The molecule has 0 bridgehead atoms. The summed E-state index contributed by atoms with van der Waals surface area (Å²) in [6.07, 6.45) is 2.70. The van der Waals surface area contributed by atoms with Gasteiger partial charge in [-0.2, -0.15) is 0 Å². The monoisotopic (exact) mass is 394 g/mol. The number of carbonyl (C=O) groups excluding carboxylic acids is 2. The Morgan fingerprint density at radius 3 is 2.59 bits per heavy atom. The topological polar surface area (TPSA) is 71.6 Å². The van der Waals surface area contributed by atoms with Gasteiger partial charge in [0.2, 0.25) is 0 Å². The van der Waals surface area contributed by atoms with Crippen molar-refractivity contribution in [3.63, 3.8) is 0 Å². The lowest BCUT2D eigenvalue weighted by atomic mass is 10.1. The highest BCUT2D eigenvalue weighted by Crippen LogP contribution is 2.19. The van der Waals surface area contributed by atoms with Crippen molar-refractivity contribution in [2.45, 2.75) is 19.4 Å². The minimum atomic E-state index is -0.380. The molecule has 6 heteroatoms. The van der Waals surface area contributed by atoms with Crippen LogP contribution in [-0.4, -0.2) is 48.6 Å². The van der Waals surface area contributed by atoms with E-state index >= 15 is 0 Å². The predicted octanol–water partition coefficient (Wildman–Crippen LogP) is 3.32. The number of rotatable bonds is 10. The van der Waals surface area contributed by atoms with Crippen LogP contribution in [0.25, 0.3) is 10.9 Å². The molecule has 3 aromatic rings. The van der Waals surface area contributed by atoms with Crippen LogP contribution < -0.4 is 0 Å². The van der Waals surface area contributed by atoms with Gasteiger partial charge in [0.25, 0.3) is 5.91 Å². The molecule has 0 aliphatic rings. The van der Waals surface area contributed by atoms with Crippen molar-refractivity contribution in [1.29, 1.82) is 0 Å². The largest absolute Gasteiger partial charge is 0.456 e. The number of carbonyl (C=O) groups is 2. The number of nitrogens with one attached hydrogen (secondary N) is 1. The number of para-hydroxylation sites is 1. The predicted molar refractivity (Wildman–Crippen MR) is 111 cm³/mol. The second-order valence-corrected chi connectivity index (χ2v) is 6.81. The highest BCUT2D eigenvalue weighted by Gasteiger charge is 2.16. The Balaban J connectivity index is 1.49. The first kappa shape index (κ1) is 20.6. The molecule has 1 amide bonds. The van der Waals surface area contributed by atoms with Gasteiger partial charge in [-0.1, -0.05) is 48.5 Å². The quantitative estimate of drug-likeness (QED) is 0.536. The first-order valence-corrected chi connectivity index (χ1v) is 9.68. The summed E-state index contributed by atoms with van der Waals surface area (Å²) in [5.74, 6) is -0.610. The minimum absolute atomic E-state index is 0.228. The van der Waals surface area contributed by atoms with Crippen molar-refractivity contribution in [2.75, 3.05) is 26.9 Å². The third kappa shape index (κ3) is 5.93. The summed E-state index contributed by atoms with van der Waals surface area (Å²) in [7, 11) is 1.59. The summed E-state index contributed by atoms with van der Waals surface area (Å²) >= 11 is 0. The van der Waals surface area contributed by atoms with Gasteiger partial charge in [-0.15, -0.1) is 0 Å². The van der Waals surface area contributed by atoms with E-state index in [0.717, 1.165) is 22.0 Å². The van der Waals surface area contributed by atoms with Gasteiger partial charge in [-0.05, 0) is 23.6 Å². The van der Waals surface area contributed by atoms with Crippen molar-refractivity contribution in [1.82, 2.24) is 9.88 Å².